The van der Waals surface area contributed by atoms with Gasteiger partial charge in [-0.3, -0.25) is 9.69 Å². The van der Waals surface area contributed by atoms with Gasteiger partial charge in [0, 0.05) is 17.6 Å². The van der Waals surface area contributed by atoms with Crippen molar-refractivity contribution < 1.29 is 14.3 Å². The lowest BCUT2D eigenvalue weighted by atomic mass is 10.1. The van der Waals surface area contributed by atoms with Crippen LogP contribution >= 0.6 is 27.7 Å². The summed E-state index contributed by atoms with van der Waals surface area (Å²) in [6.45, 7) is 0. The molecule has 0 spiro atoms. The van der Waals surface area contributed by atoms with Crippen LogP contribution in [0.3, 0.4) is 0 Å². The Hall–Kier alpha value is -1.99. The summed E-state index contributed by atoms with van der Waals surface area (Å²) in [6.07, 6.45) is 0.570. The minimum absolute atomic E-state index is 0.0451. The molecule has 0 bridgehead atoms. The van der Waals surface area contributed by atoms with Gasteiger partial charge in [0.25, 0.3) is 0 Å². The minimum atomic E-state index is -0.225. The van der Waals surface area contributed by atoms with Gasteiger partial charge in [-0.1, -0.05) is 33.8 Å². The van der Waals surface area contributed by atoms with Crippen molar-refractivity contribution in [1.82, 2.24) is 4.90 Å². The first kappa shape index (κ1) is 18.8. The average Bonchev–Trinajstić information content (AvgIpc) is 2.92. The second-order valence-corrected chi connectivity index (χ2v) is 7.84. The number of aliphatic imine (C=N–C) groups is 1. The molecule has 2 aromatic rings. The molecule has 0 unspecified atom stereocenters. The maximum Gasteiger partial charge on any atom is 0.242 e. The standard InChI is InChI=1S/C19H19BrN2O3S/c1-22-18(23)17(10-12-4-9-15(24-2)11-16(12)25-3)26-19(22)21-14-7-5-13(20)6-8-14/h4-9,11,17H,10H2,1-3H3/t17-/m0/s1. The van der Waals surface area contributed by atoms with Crippen molar-refractivity contribution in [2.45, 2.75) is 11.7 Å². The van der Waals surface area contributed by atoms with E-state index < -0.39 is 0 Å². The molecule has 2 aromatic carbocycles. The van der Waals surface area contributed by atoms with Crippen LogP contribution in [0.25, 0.3) is 0 Å². The molecule has 0 aromatic heterocycles. The van der Waals surface area contributed by atoms with Crippen LogP contribution in [-0.4, -0.2) is 42.5 Å². The van der Waals surface area contributed by atoms with Crippen LogP contribution in [0.4, 0.5) is 5.69 Å². The Labute approximate surface area is 165 Å². The molecule has 0 aliphatic carbocycles. The Morgan fingerprint density at radius 1 is 1.15 bits per heavy atom. The molecule has 0 saturated carbocycles. The van der Waals surface area contributed by atoms with Crippen molar-refractivity contribution in [2.75, 3.05) is 21.3 Å². The number of benzene rings is 2. The van der Waals surface area contributed by atoms with Crippen molar-refractivity contribution in [3.05, 3.63) is 52.5 Å². The Morgan fingerprint density at radius 3 is 2.54 bits per heavy atom. The Kier molecular flexibility index (Phi) is 5.88. The zero-order valence-electron chi connectivity index (χ0n) is 14.7. The van der Waals surface area contributed by atoms with Gasteiger partial charge in [-0.05, 0) is 42.3 Å². The summed E-state index contributed by atoms with van der Waals surface area (Å²) in [6, 6.07) is 13.3. The fourth-order valence-electron chi connectivity index (χ4n) is 2.64. The van der Waals surface area contributed by atoms with Crippen molar-refractivity contribution in [3.63, 3.8) is 0 Å². The van der Waals surface area contributed by atoms with Crippen LogP contribution < -0.4 is 9.47 Å². The molecule has 5 nitrogen and oxygen atoms in total. The van der Waals surface area contributed by atoms with Crippen molar-refractivity contribution in [3.8, 4) is 11.5 Å². The van der Waals surface area contributed by atoms with Gasteiger partial charge in [0.15, 0.2) is 5.17 Å². The summed E-state index contributed by atoms with van der Waals surface area (Å²) in [5, 5.41) is 0.478. The second-order valence-electron chi connectivity index (χ2n) is 5.76. The molecule has 3 rings (SSSR count). The number of hydrogen-bond acceptors (Lipinski definition) is 5. The van der Waals surface area contributed by atoms with Gasteiger partial charge in [-0.2, -0.15) is 0 Å². The molecule has 0 N–H and O–H groups in total. The number of rotatable bonds is 5. The van der Waals surface area contributed by atoms with E-state index in [1.165, 1.54) is 11.8 Å². The van der Waals surface area contributed by atoms with Gasteiger partial charge < -0.3 is 9.47 Å². The molecule has 136 valence electrons. The monoisotopic (exact) mass is 434 g/mol. The summed E-state index contributed by atoms with van der Waals surface area (Å²) < 4.78 is 11.7. The lowest BCUT2D eigenvalue weighted by Crippen LogP contribution is -2.28. The van der Waals surface area contributed by atoms with Gasteiger partial charge in [0.05, 0.1) is 25.2 Å². The number of amides is 1. The van der Waals surface area contributed by atoms with Crippen molar-refractivity contribution in [2.24, 2.45) is 4.99 Å². The number of ether oxygens (including phenoxy) is 2. The third-order valence-electron chi connectivity index (χ3n) is 4.09. The predicted molar refractivity (Wildman–Crippen MR) is 109 cm³/mol. The first-order chi connectivity index (χ1) is 12.5. The second kappa shape index (κ2) is 8.14. The fraction of sp³-hybridized carbons (Fsp3) is 0.263. The molecular formula is C19H19BrN2O3S. The zero-order chi connectivity index (χ0) is 18.7. The number of methoxy groups -OCH3 is 2. The summed E-state index contributed by atoms with van der Waals surface area (Å²) >= 11 is 4.89. The maximum atomic E-state index is 12.6. The highest BCUT2D eigenvalue weighted by atomic mass is 79.9. The highest BCUT2D eigenvalue weighted by Crippen LogP contribution is 2.34. The van der Waals surface area contributed by atoms with Gasteiger partial charge in [0.2, 0.25) is 5.91 Å². The van der Waals surface area contributed by atoms with Gasteiger partial charge >= 0.3 is 0 Å². The van der Waals surface area contributed by atoms with E-state index in [1.807, 2.05) is 42.5 Å². The molecule has 7 heteroatoms. The lowest BCUT2D eigenvalue weighted by Gasteiger charge is -2.12. The lowest BCUT2D eigenvalue weighted by molar-refractivity contribution is -0.125. The summed E-state index contributed by atoms with van der Waals surface area (Å²) in [7, 11) is 5.00. The molecule has 1 heterocycles. The smallest absolute Gasteiger partial charge is 0.242 e. The topological polar surface area (TPSA) is 51.1 Å². The summed E-state index contributed by atoms with van der Waals surface area (Å²) in [5.74, 6) is 1.49. The minimum Gasteiger partial charge on any atom is -0.497 e. The maximum absolute atomic E-state index is 12.6. The Balaban J connectivity index is 1.80. The predicted octanol–water partition coefficient (Wildman–Crippen LogP) is 4.27. The first-order valence-electron chi connectivity index (χ1n) is 8.01. The van der Waals surface area contributed by atoms with E-state index in [0.717, 1.165) is 27.2 Å². The highest BCUT2D eigenvalue weighted by Gasteiger charge is 2.36. The molecule has 1 aliphatic heterocycles. The van der Waals surface area contributed by atoms with Crippen molar-refractivity contribution >= 4 is 44.5 Å². The molecule has 1 aliphatic rings. The number of carbonyl (C=O) groups is 1. The van der Waals surface area contributed by atoms with E-state index in [2.05, 4.69) is 20.9 Å². The largest absolute Gasteiger partial charge is 0.497 e. The normalized spacial score (nSPS) is 18.5. The van der Waals surface area contributed by atoms with Crippen LogP contribution in [0.1, 0.15) is 5.56 Å². The number of carbonyl (C=O) groups excluding carboxylic acids is 1. The van der Waals surface area contributed by atoms with Crippen LogP contribution in [0.5, 0.6) is 11.5 Å². The molecular weight excluding hydrogens is 416 g/mol. The summed E-state index contributed by atoms with van der Waals surface area (Å²) in [5.41, 5.74) is 1.79. The Bertz CT molecular complexity index is 839. The number of thioether (sulfide) groups is 1. The number of amidine groups is 1. The molecule has 1 amide bonds. The van der Waals surface area contributed by atoms with E-state index in [-0.39, 0.29) is 11.2 Å². The highest BCUT2D eigenvalue weighted by molar-refractivity contribution is 9.10. The average molecular weight is 435 g/mol. The summed E-state index contributed by atoms with van der Waals surface area (Å²) in [4.78, 5) is 18.9. The zero-order valence-corrected chi connectivity index (χ0v) is 17.1. The number of hydrogen-bond donors (Lipinski definition) is 0. The van der Waals surface area contributed by atoms with E-state index in [9.17, 15) is 4.79 Å². The quantitative estimate of drug-likeness (QED) is 0.704. The van der Waals surface area contributed by atoms with Gasteiger partial charge in [0.1, 0.15) is 11.5 Å². The van der Waals surface area contributed by atoms with E-state index in [0.29, 0.717) is 11.6 Å². The van der Waals surface area contributed by atoms with E-state index >= 15 is 0 Å². The SMILES string of the molecule is COc1ccc(C[C@@H]2SC(=Nc3ccc(Br)cc3)N(C)C2=O)c(OC)c1. The molecule has 26 heavy (non-hydrogen) atoms. The van der Waals surface area contributed by atoms with Gasteiger partial charge in [-0.15, -0.1) is 0 Å². The molecule has 0 radical (unpaired) electrons. The third-order valence-corrected chi connectivity index (χ3v) is 5.85. The number of halogens is 1. The van der Waals surface area contributed by atoms with Crippen molar-refractivity contribution in [1.29, 1.82) is 0 Å². The third kappa shape index (κ3) is 4.04. The van der Waals surface area contributed by atoms with E-state index in [1.54, 1.807) is 26.2 Å². The van der Waals surface area contributed by atoms with Gasteiger partial charge in [-0.25, -0.2) is 4.99 Å². The molecule has 1 saturated heterocycles. The van der Waals surface area contributed by atoms with Crippen LogP contribution in [0.2, 0.25) is 0 Å². The number of nitrogens with zero attached hydrogens (tertiary/aromatic N) is 2. The Morgan fingerprint density at radius 2 is 1.88 bits per heavy atom. The van der Waals surface area contributed by atoms with Crippen LogP contribution in [-0.2, 0) is 11.2 Å². The van der Waals surface area contributed by atoms with E-state index in [4.69, 9.17) is 9.47 Å². The fourth-order valence-corrected chi connectivity index (χ4v) is 4.09. The molecule has 1 fully saturated rings. The molecule has 1 atom stereocenters. The van der Waals surface area contributed by atoms with Crippen LogP contribution in [0.15, 0.2) is 51.9 Å². The van der Waals surface area contributed by atoms with Crippen LogP contribution in [0, 0.1) is 0 Å². The first-order valence-corrected chi connectivity index (χ1v) is 9.68.